The summed E-state index contributed by atoms with van der Waals surface area (Å²) in [6.45, 7) is 4.21. The standard InChI is InChI=1S/C16H19NO4S2/c1-11-10-13(12(2)21-11)16(18)17-6-5-15(14-4-3-8-22-14)23(19,20)9-7-17/h3-4,8,10,15H,5-7,9H2,1-2H3. The Kier molecular flexibility index (Phi) is 4.33. The predicted octanol–water partition coefficient (Wildman–Crippen LogP) is 2.96. The molecule has 1 aliphatic rings. The normalized spacial score (nSPS) is 21.1. The topological polar surface area (TPSA) is 67.6 Å². The van der Waals surface area contributed by atoms with Gasteiger partial charge < -0.3 is 9.32 Å². The SMILES string of the molecule is Cc1cc(C(=O)N2CCC(c3cccs3)S(=O)(=O)CC2)c(C)o1. The Hall–Kier alpha value is -1.60. The monoisotopic (exact) mass is 353 g/mol. The molecular formula is C16H19NO4S2. The number of carbonyl (C=O) groups is 1. The highest BCUT2D eigenvalue weighted by Gasteiger charge is 2.34. The van der Waals surface area contributed by atoms with E-state index in [-0.39, 0.29) is 18.2 Å². The van der Waals surface area contributed by atoms with Gasteiger partial charge in [0.1, 0.15) is 11.5 Å². The lowest BCUT2D eigenvalue weighted by Crippen LogP contribution is -2.33. The first-order valence-electron chi connectivity index (χ1n) is 7.50. The van der Waals surface area contributed by atoms with Crippen LogP contribution >= 0.6 is 11.3 Å². The van der Waals surface area contributed by atoms with Crippen LogP contribution in [-0.4, -0.2) is 38.1 Å². The number of rotatable bonds is 2. The van der Waals surface area contributed by atoms with Crippen molar-refractivity contribution in [3.05, 3.63) is 45.5 Å². The van der Waals surface area contributed by atoms with Crippen LogP contribution in [0.25, 0.3) is 0 Å². The van der Waals surface area contributed by atoms with Gasteiger partial charge in [0.15, 0.2) is 9.84 Å². The number of furan rings is 1. The molecule has 0 radical (unpaired) electrons. The zero-order valence-corrected chi connectivity index (χ0v) is 14.7. The van der Waals surface area contributed by atoms with Gasteiger partial charge in [-0.05, 0) is 37.8 Å². The first-order chi connectivity index (χ1) is 10.9. The lowest BCUT2D eigenvalue weighted by molar-refractivity contribution is 0.0765. The van der Waals surface area contributed by atoms with E-state index in [1.54, 1.807) is 24.8 Å². The molecule has 5 nitrogen and oxygen atoms in total. The molecule has 1 amide bonds. The lowest BCUT2D eigenvalue weighted by atomic mass is 10.2. The van der Waals surface area contributed by atoms with Gasteiger partial charge in [-0.25, -0.2) is 8.42 Å². The van der Waals surface area contributed by atoms with E-state index >= 15 is 0 Å². The molecule has 1 saturated heterocycles. The molecule has 0 bridgehead atoms. The van der Waals surface area contributed by atoms with E-state index in [1.807, 2.05) is 17.5 Å². The summed E-state index contributed by atoms with van der Waals surface area (Å²) in [6, 6.07) is 5.43. The van der Waals surface area contributed by atoms with Crippen LogP contribution < -0.4 is 0 Å². The van der Waals surface area contributed by atoms with Gasteiger partial charge in [-0.15, -0.1) is 11.3 Å². The van der Waals surface area contributed by atoms with Gasteiger partial charge in [0.05, 0.1) is 16.6 Å². The second-order valence-corrected chi connectivity index (χ2v) is 9.06. The van der Waals surface area contributed by atoms with E-state index in [9.17, 15) is 13.2 Å². The minimum Gasteiger partial charge on any atom is -0.466 e. The van der Waals surface area contributed by atoms with E-state index in [0.29, 0.717) is 30.0 Å². The van der Waals surface area contributed by atoms with Crippen molar-refractivity contribution in [1.29, 1.82) is 0 Å². The molecule has 7 heteroatoms. The average Bonchev–Trinajstić information content (AvgIpc) is 3.08. The third-order valence-corrected chi connectivity index (χ3v) is 7.40. The predicted molar refractivity (Wildman–Crippen MR) is 89.5 cm³/mol. The minimum atomic E-state index is -3.24. The summed E-state index contributed by atoms with van der Waals surface area (Å²) in [6.07, 6.45) is 0.435. The quantitative estimate of drug-likeness (QED) is 0.832. The van der Waals surface area contributed by atoms with Gasteiger partial charge >= 0.3 is 0 Å². The average molecular weight is 353 g/mol. The zero-order chi connectivity index (χ0) is 16.6. The molecule has 0 spiro atoms. The van der Waals surface area contributed by atoms with E-state index in [4.69, 9.17) is 4.42 Å². The number of amides is 1. The lowest BCUT2D eigenvalue weighted by Gasteiger charge is -2.19. The van der Waals surface area contributed by atoms with Gasteiger partial charge in [-0.1, -0.05) is 6.07 Å². The van der Waals surface area contributed by atoms with Gasteiger partial charge in [-0.3, -0.25) is 4.79 Å². The van der Waals surface area contributed by atoms with Crippen molar-refractivity contribution >= 4 is 27.1 Å². The van der Waals surface area contributed by atoms with Crippen LogP contribution in [0.3, 0.4) is 0 Å². The molecule has 0 saturated carbocycles. The van der Waals surface area contributed by atoms with Crippen LogP contribution in [0.15, 0.2) is 28.0 Å². The maximum absolute atomic E-state index is 12.7. The Morgan fingerprint density at radius 3 is 2.74 bits per heavy atom. The third-order valence-electron chi connectivity index (χ3n) is 4.16. The second-order valence-electron chi connectivity index (χ2n) is 5.78. The molecule has 1 aliphatic heterocycles. The van der Waals surface area contributed by atoms with Gasteiger partial charge in [-0.2, -0.15) is 0 Å². The summed E-state index contributed by atoms with van der Waals surface area (Å²) in [5.74, 6) is 1.11. The van der Waals surface area contributed by atoms with Crippen molar-refractivity contribution in [1.82, 2.24) is 4.90 Å². The Bertz CT molecular complexity index is 805. The maximum Gasteiger partial charge on any atom is 0.257 e. The summed E-state index contributed by atoms with van der Waals surface area (Å²) in [5.41, 5.74) is 0.523. The molecule has 1 unspecified atom stereocenters. The summed E-state index contributed by atoms with van der Waals surface area (Å²) in [5, 5.41) is 1.38. The van der Waals surface area contributed by atoms with E-state index in [1.165, 1.54) is 11.3 Å². The van der Waals surface area contributed by atoms with Crippen LogP contribution in [-0.2, 0) is 9.84 Å². The number of hydrogen-bond acceptors (Lipinski definition) is 5. The molecule has 3 heterocycles. The Labute approximate surface area is 139 Å². The Morgan fingerprint density at radius 2 is 2.13 bits per heavy atom. The highest BCUT2D eigenvalue weighted by Crippen LogP contribution is 2.32. The smallest absolute Gasteiger partial charge is 0.257 e. The zero-order valence-electron chi connectivity index (χ0n) is 13.1. The number of sulfone groups is 1. The summed E-state index contributed by atoms with van der Waals surface area (Å²) >= 11 is 1.46. The van der Waals surface area contributed by atoms with Crippen LogP contribution in [0.5, 0.6) is 0 Å². The number of nitrogens with zero attached hydrogens (tertiary/aromatic N) is 1. The molecule has 0 N–H and O–H groups in total. The fraction of sp³-hybridized carbons (Fsp3) is 0.438. The van der Waals surface area contributed by atoms with Crippen molar-refractivity contribution in [2.75, 3.05) is 18.8 Å². The summed E-state index contributed by atoms with van der Waals surface area (Å²) in [7, 11) is -3.24. The molecule has 0 aromatic carbocycles. The largest absolute Gasteiger partial charge is 0.466 e. The van der Waals surface area contributed by atoms with Gasteiger partial charge in [0.2, 0.25) is 0 Å². The molecule has 0 aliphatic carbocycles. The Morgan fingerprint density at radius 1 is 1.35 bits per heavy atom. The third kappa shape index (κ3) is 3.21. The highest BCUT2D eigenvalue weighted by atomic mass is 32.2. The van der Waals surface area contributed by atoms with E-state index in [0.717, 1.165) is 4.88 Å². The molecule has 3 rings (SSSR count). The fourth-order valence-corrected chi connectivity index (χ4v) is 5.96. The highest BCUT2D eigenvalue weighted by molar-refractivity contribution is 7.91. The van der Waals surface area contributed by atoms with Crippen LogP contribution in [0.2, 0.25) is 0 Å². The molecule has 23 heavy (non-hydrogen) atoms. The minimum absolute atomic E-state index is 0.00279. The molecule has 2 aromatic rings. The molecular weight excluding hydrogens is 334 g/mol. The van der Waals surface area contributed by atoms with E-state index in [2.05, 4.69) is 0 Å². The van der Waals surface area contributed by atoms with Gasteiger partial charge in [0.25, 0.3) is 5.91 Å². The first kappa shape index (κ1) is 16.3. The van der Waals surface area contributed by atoms with Crippen molar-refractivity contribution in [3.63, 3.8) is 0 Å². The Balaban J connectivity index is 1.83. The van der Waals surface area contributed by atoms with Crippen molar-refractivity contribution in [2.45, 2.75) is 25.5 Å². The van der Waals surface area contributed by atoms with Crippen molar-refractivity contribution in [2.24, 2.45) is 0 Å². The molecule has 1 atom stereocenters. The maximum atomic E-state index is 12.7. The van der Waals surface area contributed by atoms with Gasteiger partial charge in [0, 0.05) is 18.0 Å². The number of carbonyl (C=O) groups excluding carboxylic acids is 1. The summed E-state index contributed by atoms with van der Waals surface area (Å²) < 4.78 is 30.5. The van der Waals surface area contributed by atoms with Crippen LogP contribution in [0, 0.1) is 13.8 Å². The van der Waals surface area contributed by atoms with E-state index < -0.39 is 15.1 Å². The second kappa shape index (κ2) is 6.13. The fourth-order valence-electron chi connectivity index (χ4n) is 2.95. The van der Waals surface area contributed by atoms with Crippen LogP contribution in [0.1, 0.15) is 38.4 Å². The van der Waals surface area contributed by atoms with Crippen molar-refractivity contribution in [3.8, 4) is 0 Å². The molecule has 2 aromatic heterocycles. The number of aryl methyl sites for hydroxylation is 2. The molecule has 1 fully saturated rings. The first-order valence-corrected chi connectivity index (χ1v) is 10.1. The summed E-state index contributed by atoms with van der Waals surface area (Å²) in [4.78, 5) is 15.1. The molecule has 124 valence electrons. The van der Waals surface area contributed by atoms with Crippen molar-refractivity contribution < 1.29 is 17.6 Å². The van der Waals surface area contributed by atoms with Crippen LogP contribution in [0.4, 0.5) is 0 Å². The number of hydrogen-bond donors (Lipinski definition) is 0. The number of thiophene rings is 1.